The van der Waals surface area contributed by atoms with E-state index in [2.05, 4.69) is 6.92 Å². The van der Waals surface area contributed by atoms with Gasteiger partial charge >= 0.3 is 0 Å². The van der Waals surface area contributed by atoms with Gasteiger partial charge in [0.25, 0.3) is 5.69 Å². The average molecular weight is 365 g/mol. The second kappa shape index (κ2) is 6.65. The van der Waals surface area contributed by atoms with Crippen LogP contribution in [0, 0.1) is 16.0 Å². The number of rotatable bonds is 3. The molecule has 1 atom stereocenters. The van der Waals surface area contributed by atoms with Gasteiger partial charge in [0.15, 0.2) is 5.43 Å². The van der Waals surface area contributed by atoms with E-state index >= 15 is 0 Å². The molecule has 4 nitrogen and oxygen atoms in total. The second-order valence-corrected chi connectivity index (χ2v) is 8.01. The molecule has 2 aromatic carbocycles. The predicted octanol–water partition coefficient (Wildman–Crippen LogP) is 5.35. The van der Waals surface area contributed by atoms with Gasteiger partial charge in [0, 0.05) is 32.7 Å². The maximum atomic E-state index is 12.9. The third-order valence-corrected chi connectivity index (χ3v) is 6.53. The predicted molar refractivity (Wildman–Crippen MR) is 106 cm³/mol. The fourth-order valence-corrected chi connectivity index (χ4v) is 5.09. The summed E-state index contributed by atoms with van der Waals surface area (Å²) < 4.78 is 0.967. The normalized spacial score (nSPS) is 16.4. The van der Waals surface area contributed by atoms with Crippen molar-refractivity contribution < 1.29 is 4.92 Å². The monoisotopic (exact) mass is 365 g/mol. The van der Waals surface area contributed by atoms with Crippen LogP contribution in [0.5, 0.6) is 0 Å². The molecule has 26 heavy (non-hydrogen) atoms. The van der Waals surface area contributed by atoms with Gasteiger partial charge in [-0.05, 0) is 48.4 Å². The highest BCUT2D eigenvalue weighted by Gasteiger charge is 2.22. The smallest absolute Gasteiger partial charge is 0.270 e. The summed E-state index contributed by atoms with van der Waals surface area (Å²) in [5, 5.41) is 11.8. The Kier molecular flexibility index (Phi) is 4.32. The molecule has 0 amide bonds. The van der Waals surface area contributed by atoms with Crippen LogP contribution in [0.25, 0.3) is 21.2 Å². The lowest BCUT2D eigenvalue weighted by atomic mass is 9.86. The van der Waals surface area contributed by atoms with Crippen molar-refractivity contribution in [3.05, 3.63) is 73.2 Å². The number of benzene rings is 2. The van der Waals surface area contributed by atoms with Gasteiger partial charge in [-0.3, -0.25) is 14.9 Å². The van der Waals surface area contributed by atoms with Crippen molar-refractivity contribution >= 4 is 27.1 Å². The van der Waals surface area contributed by atoms with Crippen molar-refractivity contribution in [2.24, 2.45) is 5.92 Å². The van der Waals surface area contributed by atoms with Gasteiger partial charge in [0.1, 0.15) is 0 Å². The van der Waals surface area contributed by atoms with Crippen molar-refractivity contribution in [3.8, 4) is 11.1 Å². The van der Waals surface area contributed by atoms with Gasteiger partial charge in [-0.1, -0.05) is 31.5 Å². The molecule has 5 heteroatoms. The SMILES string of the molecule is CCC1CCc2c(sc3cc(-c4cccc([N+](=O)[O-])c4)ccc3c2=O)C1. The zero-order chi connectivity index (χ0) is 18.3. The van der Waals surface area contributed by atoms with E-state index in [4.69, 9.17) is 0 Å². The van der Waals surface area contributed by atoms with Crippen molar-refractivity contribution in [2.75, 3.05) is 0 Å². The fourth-order valence-electron chi connectivity index (χ4n) is 3.74. The number of non-ortho nitro benzene ring substituents is 1. The molecule has 1 aromatic heterocycles. The Morgan fingerprint density at radius 3 is 2.77 bits per heavy atom. The van der Waals surface area contributed by atoms with Gasteiger partial charge in [0.2, 0.25) is 0 Å². The standard InChI is InChI=1S/C21H19NO3S/c1-2-13-6-8-17-19(10-13)26-20-12-15(7-9-18(20)21(17)23)14-4-3-5-16(11-14)22(24)25/h3-5,7,9,11-13H,2,6,8,10H2,1H3. The zero-order valence-corrected chi connectivity index (χ0v) is 15.3. The molecule has 0 aliphatic heterocycles. The quantitative estimate of drug-likeness (QED) is 0.464. The molecule has 0 fully saturated rings. The van der Waals surface area contributed by atoms with E-state index in [1.54, 1.807) is 23.5 Å². The van der Waals surface area contributed by atoms with Crippen LogP contribution in [0.4, 0.5) is 5.69 Å². The fraction of sp³-hybridized carbons (Fsp3) is 0.286. The molecule has 0 bridgehead atoms. The molecule has 4 rings (SSSR count). The third-order valence-electron chi connectivity index (χ3n) is 5.31. The van der Waals surface area contributed by atoms with Crippen LogP contribution in [-0.2, 0) is 12.8 Å². The molecule has 132 valence electrons. The van der Waals surface area contributed by atoms with E-state index in [9.17, 15) is 14.9 Å². The highest BCUT2D eigenvalue weighted by atomic mass is 32.1. The van der Waals surface area contributed by atoms with E-state index < -0.39 is 0 Å². The van der Waals surface area contributed by atoms with Crippen LogP contribution >= 0.6 is 11.3 Å². The Morgan fingerprint density at radius 1 is 1.19 bits per heavy atom. The van der Waals surface area contributed by atoms with Crippen LogP contribution in [-0.4, -0.2) is 4.92 Å². The van der Waals surface area contributed by atoms with Crippen molar-refractivity contribution in [1.29, 1.82) is 0 Å². The lowest BCUT2D eigenvalue weighted by Gasteiger charge is -2.22. The minimum Gasteiger partial charge on any atom is -0.289 e. The Hall–Kier alpha value is -2.53. The molecular weight excluding hydrogens is 346 g/mol. The number of fused-ring (bicyclic) bond motifs is 2. The average Bonchev–Trinajstić information content (AvgIpc) is 2.67. The Labute approximate surface area is 155 Å². The second-order valence-electron chi connectivity index (χ2n) is 6.87. The highest BCUT2D eigenvalue weighted by molar-refractivity contribution is 7.18. The van der Waals surface area contributed by atoms with Crippen LogP contribution in [0.1, 0.15) is 30.2 Å². The van der Waals surface area contributed by atoms with E-state index in [1.165, 1.54) is 10.9 Å². The van der Waals surface area contributed by atoms with Crippen LogP contribution in [0.2, 0.25) is 0 Å². The lowest BCUT2D eigenvalue weighted by molar-refractivity contribution is -0.384. The largest absolute Gasteiger partial charge is 0.289 e. The van der Waals surface area contributed by atoms with E-state index in [1.807, 2.05) is 24.3 Å². The summed E-state index contributed by atoms with van der Waals surface area (Å²) in [4.78, 5) is 24.7. The highest BCUT2D eigenvalue weighted by Crippen LogP contribution is 2.34. The van der Waals surface area contributed by atoms with Crippen molar-refractivity contribution in [3.63, 3.8) is 0 Å². The molecule has 1 aliphatic carbocycles. The Balaban J connectivity index is 1.84. The first kappa shape index (κ1) is 16.9. The molecule has 1 unspecified atom stereocenters. The topological polar surface area (TPSA) is 60.2 Å². The summed E-state index contributed by atoms with van der Waals surface area (Å²) in [5.41, 5.74) is 2.93. The van der Waals surface area contributed by atoms with Gasteiger partial charge in [-0.15, -0.1) is 11.3 Å². The minimum atomic E-state index is -0.385. The summed E-state index contributed by atoms with van der Waals surface area (Å²) in [5.74, 6) is 0.663. The molecule has 0 spiro atoms. The summed E-state index contributed by atoms with van der Waals surface area (Å²) in [6.45, 7) is 2.21. The summed E-state index contributed by atoms with van der Waals surface area (Å²) in [6, 6.07) is 12.4. The molecular formula is C21H19NO3S. The molecule has 1 aliphatic rings. The molecule has 0 radical (unpaired) electrons. The molecule has 0 saturated carbocycles. The Bertz CT molecular complexity index is 1070. The molecule has 0 saturated heterocycles. The van der Waals surface area contributed by atoms with E-state index in [0.29, 0.717) is 5.92 Å². The number of nitro groups is 1. The number of nitro benzene ring substituents is 1. The van der Waals surface area contributed by atoms with E-state index in [-0.39, 0.29) is 16.0 Å². The number of hydrogen-bond acceptors (Lipinski definition) is 4. The molecule has 3 aromatic rings. The van der Waals surface area contributed by atoms with Crippen molar-refractivity contribution in [1.82, 2.24) is 0 Å². The van der Waals surface area contributed by atoms with E-state index in [0.717, 1.165) is 52.5 Å². The number of hydrogen-bond donors (Lipinski definition) is 0. The zero-order valence-electron chi connectivity index (χ0n) is 14.5. The lowest BCUT2D eigenvalue weighted by Crippen LogP contribution is -2.20. The Morgan fingerprint density at radius 2 is 2.00 bits per heavy atom. The first-order valence-electron chi connectivity index (χ1n) is 8.90. The summed E-state index contributed by atoms with van der Waals surface area (Å²) >= 11 is 1.71. The maximum Gasteiger partial charge on any atom is 0.270 e. The molecule has 0 N–H and O–H groups in total. The van der Waals surface area contributed by atoms with Gasteiger partial charge in [-0.25, -0.2) is 0 Å². The molecule has 1 heterocycles. The van der Waals surface area contributed by atoms with Gasteiger partial charge in [0.05, 0.1) is 4.92 Å². The van der Waals surface area contributed by atoms with Crippen LogP contribution < -0.4 is 5.43 Å². The van der Waals surface area contributed by atoms with Gasteiger partial charge < -0.3 is 0 Å². The van der Waals surface area contributed by atoms with Crippen LogP contribution in [0.15, 0.2) is 47.3 Å². The third kappa shape index (κ3) is 2.92. The van der Waals surface area contributed by atoms with Crippen LogP contribution in [0.3, 0.4) is 0 Å². The maximum absolute atomic E-state index is 12.9. The summed E-state index contributed by atoms with van der Waals surface area (Å²) in [7, 11) is 0. The first-order chi connectivity index (χ1) is 12.6. The van der Waals surface area contributed by atoms with Crippen molar-refractivity contribution in [2.45, 2.75) is 32.6 Å². The minimum absolute atomic E-state index is 0.0759. The first-order valence-corrected chi connectivity index (χ1v) is 9.72. The number of nitrogens with zero attached hydrogens (tertiary/aromatic N) is 1. The van der Waals surface area contributed by atoms with Gasteiger partial charge in [-0.2, -0.15) is 0 Å². The summed E-state index contributed by atoms with van der Waals surface area (Å²) in [6.07, 6.45) is 4.11.